The quantitative estimate of drug-likeness (QED) is 0.482. The first-order valence-electron chi connectivity index (χ1n) is 11.5. The van der Waals surface area contributed by atoms with Crippen molar-refractivity contribution in [2.24, 2.45) is 0 Å². The van der Waals surface area contributed by atoms with E-state index in [4.69, 9.17) is 20.8 Å². The number of rotatable bonds is 9. The molecule has 0 radical (unpaired) electrons. The number of amides is 1. The number of morpholine rings is 1. The zero-order chi connectivity index (χ0) is 23.9. The molecule has 1 N–H and O–H groups in total. The van der Waals surface area contributed by atoms with Crippen LogP contribution in [0.25, 0.3) is 11.5 Å². The molecule has 3 aromatic rings. The van der Waals surface area contributed by atoms with Crippen LogP contribution in [0.5, 0.6) is 0 Å². The van der Waals surface area contributed by atoms with Crippen molar-refractivity contribution in [3.8, 4) is 11.5 Å². The van der Waals surface area contributed by atoms with E-state index in [0.29, 0.717) is 61.3 Å². The number of nitrogens with one attached hydrogen (secondary N) is 1. The van der Waals surface area contributed by atoms with Gasteiger partial charge in [-0.1, -0.05) is 35.9 Å². The third kappa shape index (κ3) is 6.20. The maximum Gasteiger partial charge on any atom is 0.247 e. The van der Waals surface area contributed by atoms with E-state index in [1.165, 1.54) is 6.07 Å². The summed E-state index contributed by atoms with van der Waals surface area (Å²) >= 11 is 6.36. The van der Waals surface area contributed by atoms with Gasteiger partial charge in [0.25, 0.3) is 0 Å². The molecule has 1 aliphatic heterocycles. The van der Waals surface area contributed by atoms with Crippen LogP contribution in [0.15, 0.2) is 52.9 Å². The molecular formula is C25H28ClFN4O3. The number of carbonyl (C=O) groups excluding carboxylic acids is 1. The molecule has 4 rings (SSSR count). The van der Waals surface area contributed by atoms with Crippen molar-refractivity contribution >= 4 is 17.5 Å². The highest BCUT2D eigenvalue weighted by Crippen LogP contribution is 2.31. The Bertz CT molecular complexity index is 1070. The van der Waals surface area contributed by atoms with Crippen molar-refractivity contribution in [3.05, 3.63) is 70.8 Å². The van der Waals surface area contributed by atoms with E-state index in [-0.39, 0.29) is 30.4 Å². The number of ether oxygens (including phenoxy) is 1. The average molecular weight is 487 g/mol. The smallest absolute Gasteiger partial charge is 0.247 e. The van der Waals surface area contributed by atoms with Gasteiger partial charge in [0.15, 0.2) is 0 Å². The zero-order valence-electron chi connectivity index (χ0n) is 19.0. The molecule has 0 bridgehead atoms. The van der Waals surface area contributed by atoms with Gasteiger partial charge in [-0.05, 0) is 37.6 Å². The van der Waals surface area contributed by atoms with E-state index in [0.717, 1.165) is 5.56 Å². The van der Waals surface area contributed by atoms with Gasteiger partial charge in [0.2, 0.25) is 17.7 Å². The third-order valence-corrected chi connectivity index (χ3v) is 6.15. The van der Waals surface area contributed by atoms with Gasteiger partial charge < -0.3 is 14.5 Å². The maximum atomic E-state index is 14.7. The van der Waals surface area contributed by atoms with E-state index >= 15 is 0 Å². The number of aryl methyl sites for hydroxylation is 1. The molecule has 9 heteroatoms. The molecule has 180 valence electrons. The lowest BCUT2D eigenvalue weighted by molar-refractivity contribution is -0.121. The fourth-order valence-corrected chi connectivity index (χ4v) is 4.41. The molecule has 2 atom stereocenters. The molecule has 1 aliphatic rings. The lowest BCUT2D eigenvalue weighted by atomic mass is 10.0. The van der Waals surface area contributed by atoms with Crippen molar-refractivity contribution in [3.63, 3.8) is 0 Å². The molecule has 1 aromatic heterocycles. The highest BCUT2D eigenvalue weighted by Gasteiger charge is 2.29. The minimum absolute atomic E-state index is 0.0210. The average Bonchev–Trinajstić information content (AvgIpc) is 3.30. The highest BCUT2D eigenvalue weighted by atomic mass is 35.5. The summed E-state index contributed by atoms with van der Waals surface area (Å²) in [5.41, 5.74) is 1.26. The van der Waals surface area contributed by atoms with Crippen LogP contribution in [-0.4, -0.2) is 53.3 Å². The number of halogens is 2. The van der Waals surface area contributed by atoms with Gasteiger partial charge in [-0.15, -0.1) is 10.2 Å². The van der Waals surface area contributed by atoms with Gasteiger partial charge in [-0.3, -0.25) is 9.69 Å². The second kappa shape index (κ2) is 11.6. The first-order valence-corrected chi connectivity index (χ1v) is 11.8. The van der Waals surface area contributed by atoms with Gasteiger partial charge in [-0.2, -0.15) is 0 Å². The number of nitrogens with zero attached hydrogens (tertiary/aromatic N) is 3. The van der Waals surface area contributed by atoms with Crippen LogP contribution in [0.3, 0.4) is 0 Å². The molecule has 0 aliphatic carbocycles. The predicted octanol–water partition coefficient (Wildman–Crippen LogP) is 4.43. The van der Waals surface area contributed by atoms with Gasteiger partial charge in [0.1, 0.15) is 5.82 Å². The second-order valence-electron chi connectivity index (χ2n) is 8.35. The zero-order valence-corrected chi connectivity index (χ0v) is 19.8. The summed E-state index contributed by atoms with van der Waals surface area (Å²) in [6, 6.07) is 13.8. The molecular weight excluding hydrogens is 459 g/mol. The normalized spacial score (nSPS) is 17.4. The Morgan fingerprint density at radius 3 is 2.82 bits per heavy atom. The van der Waals surface area contributed by atoms with Crippen LogP contribution < -0.4 is 5.32 Å². The van der Waals surface area contributed by atoms with Crippen molar-refractivity contribution < 1.29 is 18.3 Å². The molecule has 0 spiro atoms. The third-order valence-electron chi connectivity index (χ3n) is 5.82. The van der Waals surface area contributed by atoms with Crippen LogP contribution in [0.1, 0.15) is 37.3 Å². The number of carbonyl (C=O) groups is 1. The standard InChI is InChI=1S/C25H28ClFN4O3/c1-17-16-31(13-14-33-17)21(24-19(26)9-5-10-20(24)27)15-28-22(32)11-6-12-23-29-30-25(34-23)18-7-3-2-4-8-18/h2-5,7-10,17,21H,6,11-16H2,1H3,(H,28,32). The van der Waals surface area contributed by atoms with Crippen LogP contribution in [-0.2, 0) is 16.0 Å². The van der Waals surface area contributed by atoms with E-state index in [9.17, 15) is 9.18 Å². The molecule has 2 heterocycles. The first kappa shape index (κ1) is 24.3. The summed E-state index contributed by atoms with van der Waals surface area (Å²) in [6.07, 6.45) is 1.37. The van der Waals surface area contributed by atoms with Crippen LogP contribution in [0.2, 0.25) is 5.02 Å². The monoisotopic (exact) mass is 486 g/mol. The van der Waals surface area contributed by atoms with E-state index in [1.54, 1.807) is 12.1 Å². The summed E-state index contributed by atoms with van der Waals surface area (Å²) in [4.78, 5) is 14.7. The molecule has 1 saturated heterocycles. The largest absolute Gasteiger partial charge is 0.421 e. The molecule has 2 aromatic carbocycles. The Morgan fingerprint density at radius 2 is 2.06 bits per heavy atom. The molecule has 7 nitrogen and oxygen atoms in total. The number of aromatic nitrogens is 2. The summed E-state index contributed by atoms with van der Waals surface area (Å²) in [6.45, 7) is 4.05. The summed E-state index contributed by atoms with van der Waals surface area (Å²) < 4.78 is 26.0. The predicted molar refractivity (Wildman–Crippen MR) is 127 cm³/mol. The molecule has 34 heavy (non-hydrogen) atoms. The number of benzene rings is 2. The van der Waals surface area contributed by atoms with E-state index in [1.807, 2.05) is 37.3 Å². The highest BCUT2D eigenvalue weighted by molar-refractivity contribution is 6.31. The summed E-state index contributed by atoms with van der Waals surface area (Å²) in [7, 11) is 0. The second-order valence-corrected chi connectivity index (χ2v) is 8.76. The van der Waals surface area contributed by atoms with Gasteiger partial charge in [0.05, 0.1) is 18.8 Å². The fraction of sp³-hybridized carbons (Fsp3) is 0.400. The van der Waals surface area contributed by atoms with Gasteiger partial charge in [-0.25, -0.2) is 4.39 Å². The van der Waals surface area contributed by atoms with E-state index in [2.05, 4.69) is 20.4 Å². The Hall–Kier alpha value is -2.81. The maximum absolute atomic E-state index is 14.7. The molecule has 1 amide bonds. The lowest BCUT2D eigenvalue weighted by Crippen LogP contribution is -2.46. The lowest BCUT2D eigenvalue weighted by Gasteiger charge is -2.38. The van der Waals surface area contributed by atoms with Crippen molar-refractivity contribution in [1.29, 1.82) is 0 Å². The molecule has 0 saturated carbocycles. The van der Waals surface area contributed by atoms with Gasteiger partial charge in [0, 0.05) is 48.6 Å². The summed E-state index contributed by atoms with van der Waals surface area (Å²) in [5, 5.41) is 11.4. The topological polar surface area (TPSA) is 80.5 Å². The Kier molecular flexibility index (Phi) is 8.26. The number of hydrogen-bond donors (Lipinski definition) is 1. The number of hydrogen-bond acceptors (Lipinski definition) is 6. The SMILES string of the molecule is CC1CN(C(CNC(=O)CCCc2nnc(-c3ccccc3)o2)c2c(F)cccc2Cl)CCO1. The van der Waals surface area contributed by atoms with Crippen LogP contribution in [0.4, 0.5) is 4.39 Å². The van der Waals surface area contributed by atoms with Crippen molar-refractivity contribution in [2.45, 2.75) is 38.3 Å². The van der Waals surface area contributed by atoms with Crippen molar-refractivity contribution in [2.75, 3.05) is 26.2 Å². The fourth-order valence-electron chi connectivity index (χ4n) is 4.12. The minimum Gasteiger partial charge on any atom is -0.421 e. The Balaban J connectivity index is 1.32. The van der Waals surface area contributed by atoms with Gasteiger partial charge >= 0.3 is 0 Å². The summed E-state index contributed by atoms with van der Waals surface area (Å²) in [5.74, 6) is 0.451. The van der Waals surface area contributed by atoms with Crippen LogP contribution in [0, 0.1) is 5.82 Å². The molecule has 2 unspecified atom stereocenters. The molecule has 1 fully saturated rings. The minimum atomic E-state index is -0.381. The Labute approximate surface area is 203 Å². The van der Waals surface area contributed by atoms with E-state index < -0.39 is 0 Å². The first-order chi connectivity index (χ1) is 16.5. The van der Waals surface area contributed by atoms with Crippen LogP contribution >= 0.6 is 11.6 Å². The Morgan fingerprint density at radius 1 is 1.24 bits per heavy atom. The van der Waals surface area contributed by atoms with Crippen molar-refractivity contribution in [1.82, 2.24) is 20.4 Å².